The van der Waals surface area contributed by atoms with Gasteiger partial charge in [0.2, 0.25) is 0 Å². The number of nitrogens with one attached hydrogen (secondary N) is 1. The van der Waals surface area contributed by atoms with E-state index in [1.807, 2.05) is 37.8 Å². The number of nitrogens with two attached hydrogens (primary N) is 2. The summed E-state index contributed by atoms with van der Waals surface area (Å²) in [6.07, 6.45) is 4.18. The van der Waals surface area contributed by atoms with E-state index in [0.29, 0.717) is 17.7 Å². The molecular formula is C20H29N4O2+. The number of carbonyl (C=O) groups is 2. The molecule has 6 nitrogen and oxygen atoms in total. The molecule has 140 valence electrons. The number of hydrogen-bond acceptors (Lipinski definition) is 3. The first kappa shape index (κ1) is 18.6. The average molecular weight is 357 g/mol. The lowest BCUT2D eigenvalue weighted by Crippen LogP contribution is -2.53. The van der Waals surface area contributed by atoms with Gasteiger partial charge in [-0.05, 0) is 51.3 Å². The second-order valence-electron chi connectivity index (χ2n) is 8.44. The Morgan fingerprint density at radius 1 is 1.27 bits per heavy atom. The summed E-state index contributed by atoms with van der Waals surface area (Å²) < 4.78 is 0. The van der Waals surface area contributed by atoms with Crippen LogP contribution in [0.2, 0.25) is 0 Å². The lowest BCUT2D eigenvalue weighted by molar-refractivity contribution is -0.133. The summed E-state index contributed by atoms with van der Waals surface area (Å²) in [4.78, 5) is 27.0. The van der Waals surface area contributed by atoms with Crippen LogP contribution in [0.25, 0.3) is 0 Å². The summed E-state index contributed by atoms with van der Waals surface area (Å²) in [6, 6.07) is 5.71. The van der Waals surface area contributed by atoms with Crippen molar-refractivity contribution in [2.75, 3.05) is 0 Å². The minimum Gasteiger partial charge on any atom is -0.330 e. The van der Waals surface area contributed by atoms with Crippen LogP contribution in [0, 0.1) is 5.41 Å². The van der Waals surface area contributed by atoms with Gasteiger partial charge in [0, 0.05) is 24.2 Å². The number of carbonyl (C=O) groups excluding carboxylic acids is 2. The molecule has 0 aromatic heterocycles. The van der Waals surface area contributed by atoms with Gasteiger partial charge in [0.25, 0.3) is 11.7 Å². The van der Waals surface area contributed by atoms with Crippen LogP contribution < -0.4 is 16.5 Å². The average Bonchev–Trinajstić information content (AvgIpc) is 2.90. The van der Waals surface area contributed by atoms with Gasteiger partial charge in [0.1, 0.15) is 0 Å². The first-order valence-electron chi connectivity index (χ1n) is 9.32. The number of hydrogen-bond donors (Lipinski definition) is 3. The first-order valence-corrected chi connectivity index (χ1v) is 9.32. The number of amidine groups is 1. The minimum atomic E-state index is -0.537. The molecule has 0 radical (unpaired) electrons. The Morgan fingerprint density at radius 2 is 1.96 bits per heavy atom. The van der Waals surface area contributed by atoms with Crippen LogP contribution in [0.1, 0.15) is 67.9 Å². The van der Waals surface area contributed by atoms with Crippen molar-refractivity contribution in [3.05, 3.63) is 34.9 Å². The molecule has 2 aliphatic rings. The lowest BCUT2D eigenvalue weighted by Gasteiger charge is -2.35. The molecule has 2 amide bonds. The van der Waals surface area contributed by atoms with Crippen LogP contribution in [0.4, 0.5) is 0 Å². The minimum absolute atomic E-state index is 0.0131. The van der Waals surface area contributed by atoms with E-state index in [1.54, 1.807) is 6.07 Å². The van der Waals surface area contributed by atoms with Crippen molar-refractivity contribution in [1.29, 1.82) is 0 Å². The first-order chi connectivity index (χ1) is 12.2. The zero-order valence-electron chi connectivity index (χ0n) is 15.8. The Balaban J connectivity index is 1.78. The summed E-state index contributed by atoms with van der Waals surface area (Å²) >= 11 is 0. The third-order valence-corrected chi connectivity index (χ3v) is 5.36. The van der Waals surface area contributed by atoms with Crippen molar-refractivity contribution in [3.63, 3.8) is 0 Å². The van der Waals surface area contributed by atoms with Gasteiger partial charge in [0.15, 0.2) is 0 Å². The van der Waals surface area contributed by atoms with Crippen molar-refractivity contribution in [1.82, 2.24) is 10.2 Å². The summed E-state index contributed by atoms with van der Waals surface area (Å²) in [5, 5.41) is 8.81. The lowest BCUT2D eigenvalue weighted by atomic mass is 9.90. The highest BCUT2D eigenvalue weighted by molar-refractivity contribution is 6.08. The van der Waals surface area contributed by atoms with E-state index in [1.165, 1.54) is 0 Å². The SMILES string of the molecule is CC(C)(C)C(=O)NC(=[NH2+])c1ccc2c(c1)C(=O)N([C@H]1CCCCC1N)C2. The maximum atomic E-state index is 12.9. The molecule has 0 bridgehead atoms. The van der Waals surface area contributed by atoms with Gasteiger partial charge in [-0.25, -0.2) is 10.1 Å². The van der Waals surface area contributed by atoms with E-state index in [0.717, 1.165) is 31.2 Å². The Labute approximate surface area is 154 Å². The van der Waals surface area contributed by atoms with Gasteiger partial charge >= 0.3 is 5.91 Å². The molecule has 1 heterocycles. The van der Waals surface area contributed by atoms with E-state index in [-0.39, 0.29) is 29.7 Å². The molecule has 1 unspecified atom stereocenters. The molecule has 1 aromatic rings. The molecule has 1 aromatic carbocycles. The largest absolute Gasteiger partial charge is 0.330 e. The van der Waals surface area contributed by atoms with Crippen LogP contribution >= 0.6 is 0 Å². The molecule has 1 fully saturated rings. The van der Waals surface area contributed by atoms with Crippen LogP contribution in [-0.4, -0.2) is 34.6 Å². The fourth-order valence-electron chi connectivity index (χ4n) is 3.67. The Morgan fingerprint density at radius 3 is 2.62 bits per heavy atom. The highest BCUT2D eigenvalue weighted by Gasteiger charge is 2.37. The molecule has 3 rings (SSSR count). The van der Waals surface area contributed by atoms with Crippen LogP contribution in [0.5, 0.6) is 0 Å². The summed E-state index contributed by atoms with van der Waals surface area (Å²) in [7, 11) is 0. The molecule has 1 aliphatic carbocycles. The second-order valence-corrected chi connectivity index (χ2v) is 8.44. The Bertz CT molecular complexity index is 751. The van der Waals surface area contributed by atoms with Gasteiger partial charge < -0.3 is 10.6 Å². The fraction of sp³-hybridized carbons (Fsp3) is 0.550. The standard InChI is InChI=1S/C20H28N4O2/c1-20(2,3)19(26)23-17(22)12-8-9-13-11-24(18(25)14(13)10-12)16-7-5-4-6-15(16)21/h8-10,15-16H,4-7,11,21H2,1-3H3,(H2,22,23,26)/p+1/t15?,16-/m0/s1. The van der Waals surface area contributed by atoms with Crippen molar-refractivity contribution in [2.24, 2.45) is 11.1 Å². The number of amides is 2. The molecular weight excluding hydrogens is 328 g/mol. The van der Waals surface area contributed by atoms with Crippen molar-refractivity contribution in [3.8, 4) is 0 Å². The number of rotatable bonds is 2. The predicted molar refractivity (Wildman–Crippen MR) is 100 cm³/mol. The highest BCUT2D eigenvalue weighted by atomic mass is 16.2. The molecule has 2 atom stereocenters. The predicted octanol–water partition coefficient (Wildman–Crippen LogP) is 0.580. The molecule has 0 saturated heterocycles. The highest BCUT2D eigenvalue weighted by Crippen LogP contribution is 2.31. The third kappa shape index (κ3) is 3.51. The van der Waals surface area contributed by atoms with Crippen LogP contribution in [-0.2, 0) is 11.3 Å². The molecule has 1 saturated carbocycles. The fourth-order valence-corrected chi connectivity index (χ4v) is 3.67. The van der Waals surface area contributed by atoms with Crippen molar-refractivity contribution >= 4 is 17.6 Å². The Kier molecular flexibility index (Phi) is 4.88. The summed E-state index contributed by atoms with van der Waals surface area (Å²) in [6.45, 7) is 6.08. The Hall–Kier alpha value is -2.21. The number of fused-ring (bicyclic) bond motifs is 1. The van der Waals surface area contributed by atoms with Gasteiger partial charge in [0.05, 0.1) is 11.0 Å². The van der Waals surface area contributed by atoms with Crippen LogP contribution in [0.15, 0.2) is 18.2 Å². The maximum Gasteiger partial charge on any atom is 0.312 e. The molecule has 6 heteroatoms. The van der Waals surface area contributed by atoms with Gasteiger partial charge in [-0.3, -0.25) is 10.2 Å². The monoisotopic (exact) mass is 357 g/mol. The van der Waals surface area contributed by atoms with E-state index in [2.05, 4.69) is 5.32 Å². The molecule has 1 aliphatic heterocycles. The third-order valence-electron chi connectivity index (χ3n) is 5.36. The van der Waals surface area contributed by atoms with E-state index in [4.69, 9.17) is 11.1 Å². The van der Waals surface area contributed by atoms with E-state index < -0.39 is 5.41 Å². The van der Waals surface area contributed by atoms with E-state index >= 15 is 0 Å². The maximum absolute atomic E-state index is 12.9. The zero-order chi connectivity index (χ0) is 19.1. The number of nitrogens with zero attached hydrogens (tertiary/aromatic N) is 1. The van der Waals surface area contributed by atoms with Gasteiger partial charge in [-0.15, -0.1) is 0 Å². The smallest absolute Gasteiger partial charge is 0.312 e. The normalized spacial score (nSPS) is 22.9. The second kappa shape index (κ2) is 6.83. The van der Waals surface area contributed by atoms with Gasteiger partial charge in [-0.1, -0.05) is 18.9 Å². The van der Waals surface area contributed by atoms with Gasteiger partial charge in [-0.2, -0.15) is 0 Å². The summed E-state index contributed by atoms with van der Waals surface area (Å²) in [5.74, 6) is 0.129. The molecule has 26 heavy (non-hydrogen) atoms. The zero-order valence-corrected chi connectivity index (χ0v) is 15.8. The van der Waals surface area contributed by atoms with Crippen molar-refractivity contribution in [2.45, 2.75) is 65.1 Å². The number of benzene rings is 1. The summed E-state index contributed by atoms with van der Waals surface area (Å²) in [5.41, 5.74) is 8.04. The molecule has 0 spiro atoms. The topological polar surface area (TPSA) is 101 Å². The van der Waals surface area contributed by atoms with Crippen LogP contribution in [0.3, 0.4) is 0 Å². The quantitative estimate of drug-likeness (QED) is 0.533. The van der Waals surface area contributed by atoms with E-state index in [9.17, 15) is 9.59 Å². The van der Waals surface area contributed by atoms with Crippen molar-refractivity contribution < 1.29 is 15.0 Å². The molecule has 5 N–H and O–H groups in total.